The minimum Gasteiger partial charge on any atom is -0.454 e. The molecule has 0 amide bonds. The normalized spacial score (nSPS) is 11.4. The summed E-state index contributed by atoms with van der Waals surface area (Å²) in [5, 5.41) is 20.3. The van der Waals surface area contributed by atoms with E-state index in [-0.39, 0.29) is 5.78 Å². The predicted octanol–water partition coefficient (Wildman–Crippen LogP) is 6.68. The molecule has 0 saturated heterocycles. The van der Waals surface area contributed by atoms with Crippen molar-refractivity contribution in [1.29, 1.82) is 0 Å². The number of rotatable bonds is 5. The molecular weight excluding hydrogens is 528 g/mol. The zero-order valence-corrected chi connectivity index (χ0v) is 21.0. The molecule has 0 radical (unpaired) electrons. The zero-order valence-electron chi connectivity index (χ0n) is 18.6. The average molecular weight is 545 g/mol. The molecule has 0 aliphatic carbocycles. The highest BCUT2D eigenvalue weighted by atomic mass is 79.9. The first-order valence-electron chi connectivity index (χ1n) is 10.7. The summed E-state index contributed by atoms with van der Waals surface area (Å²) in [5.74, 6) is 1.06. The number of nitrogens with zero attached hydrogens (tertiary/aromatic N) is 5. The van der Waals surface area contributed by atoms with Gasteiger partial charge in [0.1, 0.15) is 27.5 Å². The molecule has 1 N–H and O–H groups in total. The van der Waals surface area contributed by atoms with E-state index >= 15 is 0 Å². The molecule has 2 aromatic carbocycles. The van der Waals surface area contributed by atoms with E-state index in [9.17, 15) is 4.79 Å². The van der Waals surface area contributed by atoms with Gasteiger partial charge in [-0.2, -0.15) is 5.10 Å². The van der Waals surface area contributed by atoms with Crippen LogP contribution >= 0.6 is 27.3 Å². The van der Waals surface area contributed by atoms with Crippen LogP contribution in [0.4, 0.5) is 11.5 Å². The van der Waals surface area contributed by atoms with Crippen molar-refractivity contribution >= 4 is 61.2 Å². The molecule has 6 rings (SSSR count). The standard InChI is InChI=1S/C25H17BrN6O2S/c1-13-22(14(2)33)32-24(30-29-13)21(23(31-32)27-17-6-4-3-5-7-17)25-28-18(12-35-25)20-11-15-10-16(26)8-9-19(15)34-20/h3-12H,1-2H3,(H,27,31). The maximum atomic E-state index is 12.4. The Bertz CT molecular complexity index is 1740. The van der Waals surface area contributed by atoms with E-state index in [0.29, 0.717) is 44.9 Å². The number of anilines is 2. The second-order valence-corrected chi connectivity index (χ2v) is 9.74. The Kier molecular flexibility index (Phi) is 5.19. The lowest BCUT2D eigenvalue weighted by Gasteiger charge is -2.03. The summed E-state index contributed by atoms with van der Waals surface area (Å²) in [4.78, 5) is 17.3. The van der Waals surface area contributed by atoms with Gasteiger partial charge in [0, 0.05) is 27.9 Å². The van der Waals surface area contributed by atoms with Gasteiger partial charge in [0.25, 0.3) is 0 Å². The van der Waals surface area contributed by atoms with E-state index in [1.54, 1.807) is 11.4 Å². The van der Waals surface area contributed by atoms with Crippen LogP contribution in [-0.4, -0.2) is 30.6 Å². The maximum absolute atomic E-state index is 12.4. The number of furan rings is 1. The van der Waals surface area contributed by atoms with Crippen molar-refractivity contribution in [2.45, 2.75) is 13.8 Å². The SMILES string of the molecule is CC(=O)c1c(C)nnc2c(-c3nc(-c4cc5cc(Br)ccc5o4)cs3)c(Nc3ccccc3)nn12. The summed E-state index contributed by atoms with van der Waals surface area (Å²) in [6.07, 6.45) is 0. The smallest absolute Gasteiger partial charge is 0.190 e. The first-order chi connectivity index (χ1) is 17.0. The van der Waals surface area contributed by atoms with Crippen LogP contribution in [0.5, 0.6) is 0 Å². The lowest BCUT2D eigenvalue weighted by molar-refractivity contribution is 0.100. The van der Waals surface area contributed by atoms with E-state index in [1.165, 1.54) is 18.3 Å². The molecule has 0 unspecified atom stereocenters. The van der Waals surface area contributed by atoms with Crippen molar-refractivity contribution in [1.82, 2.24) is 24.8 Å². The monoisotopic (exact) mass is 544 g/mol. The number of halogens is 1. The second kappa shape index (κ2) is 8.40. The van der Waals surface area contributed by atoms with Crippen LogP contribution in [-0.2, 0) is 0 Å². The van der Waals surface area contributed by atoms with Gasteiger partial charge in [-0.3, -0.25) is 4.79 Å². The van der Waals surface area contributed by atoms with Crippen molar-refractivity contribution in [2.24, 2.45) is 0 Å². The van der Waals surface area contributed by atoms with Crippen LogP contribution in [0.25, 0.3) is 38.6 Å². The predicted molar refractivity (Wildman–Crippen MR) is 139 cm³/mol. The molecule has 0 atom stereocenters. The van der Waals surface area contributed by atoms with Gasteiger partial charge in [-0.25, -0.2) is 9.50 Å². The number of Topliss-reactive ketones (excluding diaryl/α,β-unsaturated/α-hetero) is 1. The third-order valence-electron chi connectivity index (χ3n) is 5.53. The molecule has 0 aliphatic rings. The Balaban J connectivity index is 1.52. The Hall–Kier alpha value is -3.89. The number of carbonyl (C=O) groups excluding carboxylic acids is 1. The molecule has 6 aromatic rings. The van der Waals surface area contributed by atoms with E-state index in [2.05, 4.69) is 31.4 Å². The summed E-state index contributed by atoms with van der Waals surface area (Å²) in [7, 11) is 0. The van der Waals surface area contributed by atoms with E-state index in [1.807, 2.05) is 60.0 Å². The second-order valence-electron chi connectivity index (χ2n) is 7.97. The van der Waals surface area contributed by atoms with Crippen LogP contribution in [0.1, 0.15) is 23.1 Å². The van der Waals surface area contributed by atoms with Gasteiger partial charge in [0.15, 0.2) is 23.0 Å². The number of aromatic nitrogens is 5. The van der Waals surface area contributed by atoms with Crippen LogP contribution in [0.3, 0.4) is 0 Å². The van der Waals surface area contributed by atoms with Crippen LogP contribution in [0.2, 0.25) is 0 Å². The van der Waals surface area contributed by atoms with Gasteiger partial charge >= 0.3 is 0 Å². The fraction of sp³-hybridized carbons (Fsp3) is 0.0800. The first kappa shape index (κ1) is 21.6. The van der Waals surface area contributed by atoms with Crippen LogP contribution in [0.15, 0.2) is 68.9 Å². The number of carbonyl (C=O) groups is 1. The molecule has 10 heteroatoms. The summed E-state index contributed by atoms with van der Waals surface area (Å²) in [5.41, 5.74) is 4.36. The van der Waals surface area contributed by atoms with E-state index < -0.39 is 0 Å². The van der Waals surface area contributed by atoms with Crippen LogP contribution < -0.4 is 5.32 Å². The quantitative estimate of drug-likeness (QED) is 0.241. The summed E-state index contributed by atoms with van der Waals surface area (Å²) in [6, 6.07) is 17.5. The van der Waals surface area contributed by atoms with Gasteiger partial charge in [-0.05, 0) is 43.3 Å². The Morgan fingerprint density at radius 1 is 1.11 bits per heavy atom. The number of para-hydroxylation sites is 1. The third kappa shape index (κ3) is 3.80. The summed E-state index contributed by atoms with van der Waals surface area (Å²) in [6.45, 7) is 3.24. The third-order valence-corrected chi connectivity index (χ3v) is 6.88. The Morgan fingerprint density at radius 2 is 1.94 bits per heavy atom. The number of thiazole rings is 1. The van der Waals surface area contributed by atoms with Crippen molar-refractivity contribution in [2.75, 3.05) is 5.32 Å². The topological polar surface area (TPSA) is 98.2 Å². The van der Waals surface area contributed by atoms with E-state index in [4.69, 9.17) is 14.5 Å². The minimum atomic E-state index is -0.143. The molecule has 0 saturated carbocycles. The summed E-state index contributed by atoms with van der Waals surface area (Å²) >= 11 is 4.95. The largest absolute Gasteiger partial charge is 0.454 e. The number of fused-ring (bicyclic) bond motifs is 2. The lowest BCUT2D eigenvalue weighted by atomic mass is 10.2. The molecule has 172 valence electrons. The van der Waals surface area contributed by atoms with E-state index in [0.717, 1.165) is 21.1 Å². The Labute approximate surface area is 211 Å². The Morgan fingerprint density at radius 3 is 2.74 bits per heavy atom. The van der Waals surface area contributed by atoms with Gasteiger partial charge in [-0.1, -0.05) is 34.1 Å². The highest BCUT2D eigenvalue weighted by Crippen LogP contribution is 2.38. The minimum absolute atomic E-state index is 0.143. The molecule has 0 spiro atoms. The molecule has 4 aromatic heterocycles. The zero-order chi connectivity index (χ0) is 24.1. The van der Waals surface area contributed by atoms with Gasteiger partial charge in [-0.15, -0.1) is 21.5 Å². The van der Waals surface area contributed by atoms with Crippen molar-refractivity contribution in [3.63, 3.8) is 0 Å². The number of hydrogen-bond acceptors (Lipinski definition) is 8. The molecule has 8 nitrogen and oxygen atoms in total. The van der Waals surface area contributed by atoms with Crippen molar-refractivity contribution in [3.05, 3.63) is 75.8 Å². The molecule has 0 bridgehead atoms. The highest BCUT2D eigenvalue weighted by molar-refractivity contribution is 9.10. The number of benzene rings is 2. The maximum Gasteiger partial charge on any atom is 0.190 e. The fourth-order valence-corrected chi connectivity index (χ4v) is 5.20. The van der Waals surface area contributed by atoms with Crippen molar-refractivity contribution < 1.29 is 9.21 Å². The fourth-order valence-electron chi connectivity index (χ4n) is 3.97. The molecule has 35 heavy (non-hydrogen) atoms. The molecular formula is C25H17BrN6O2S. The number of hydrogen-bond donors (Lipinski definition) is 1. The first-order valence-corrected chi connectivity index (χ1v) is 12.4. The van der Waals surface area contributed by atoms with Crippen LogP contribution in [0, 0.1) is 6.92 Å². The number of nitrogens with one attached hydrogen (secondary N) is 1. The molecule has 0 fully saturated rings. The van der Waals surface area contributed by atoms with Gasteiger partial charge in [0.05, 0.1) is 5.69 Å². The van der Waals surface area contributed by atoms with Gasteiger partial charge < -0.3 is 9.73 Å². The molecule has 4 heterocycles. The lowest BCUT2D eigenvalue weighted by Crippen LogP contribution is -2.10. The number of aryl methyl sites for hydroxylation is 1. The van der Waals surface area contributed by atoms with Crippen molar-refractivity contribution in [3.8, 4) is 22.0 Å². The highest BCUT2D eigenvalue weighted by Gasteiger charge is 2.24. The average Bonchev–Trinajstić information content (AvgIpc) is 3.55. The summed E-state index contributed by atoms with van der Waals surface area (Å²) < 4.78 is 8.56. The number of ketones is 1. The van der Waals surface area contributed by atoms with Gasteiger partial charge in [0.2, 0.25) is 0 Å². The molecule has 0 aliphatic heterocycles.